The first-order chi connectivity index (χ1) is 12.4. The highest BCUT2D eigenvalue weighted by Crippen LogP contribution is 2.42. The third-order valence-corrected chi connectivity index (χ3v) is 4.70. The smallest absolute Gasteiger partial charge is 0.204 e. The van der Waals surface area contributed by atoms with E-state index in [4.69, 9.17) is 18.6 Å². The zero-order valence-corrected chi connectivity index (χ0v) is 15.6. The molecule has 26 heavy (non-hydrogen) atoms. The maximum absolute atomic E-state index is 13.3. The van der Waals surface area contributed by atoms with Crippen molar-refractivity contribution in [3.05, 3.63) is 52.7 Å². The number of hydrogen-bond donors (Lipinski definition) is 0. The number of fused-ring (bicyclic) bond motifs is 2. The highest BCUT2D eigenvalue weighted by molar-refractivity contribution is 5.98. The van der Waals surface area contributed by atoms with Crippen LogP contribution in [0.25, 0.3) is 21.9 Å². The lowest BCUT2D eigenvalue weighted by Crippen LogP contribution is -2.16. The summed E-state index contributed by atoms with van der Waals surface area (Å²) in [5, 5.41) is 0.767. The van der Waals surface area contributed by atoms with Crippen molar-refractivity contribution >= 4 is 21.9 Å². The van der Waals surface area contributed by atoms with Gasteiger partial charge in [0, 0.05) is 11.0 Å². The fourth-order valence-corrected chi connectivity index (χ4v) is 3.08. The molecule has 0 N–H and O–H groups in total. The summed E-state index contributed by atoms with van der Waals surface area (Å²) in [6.07, 6.45) is 1.81. The van der Waals surface area contributed by atoms with Crippen LogP contribution in [-0.2, 0) is 5.41 Å². The standard InChI is InChI=1S/C21H22O5/c1-7-21(2,3)13-11-15(24-5)20(25-6)16-17(22)12-9-8-10-14(23-4)18(12)26-19(13)16/h7-11H,1H2,2-6H3. The van der Waals surface area contributed by atoms with Crippen molar-refractivity contribution in [2.75, 3.05) is 21.3 Å². The van der Waals surface area contributed by atoms with Gasteiger partial charge in [-0.2, -0.15) is 0 Å². The maximum atomic E-state index is 13.3. The van der Waals surface area contributed by atoms with Crippen LogP contribution in [0, 0.1) is 0 Å². The lowest BCUT2D eigenvalue weighted by Gasteiger charge is -2.24. The largest absolute Gasteiger partial charge is 0.493 e. The van der Waals surface area contributed by atoms with Crippen molar-refractivity contribution in [2.45, 2.75) is 19.3 Å². The molecule has 0 bridgehead atoms. The van der Waals surface area contributed by atoms with E-state index in [0.29, 0.717) is 39.2 Å². The summed E-state index contributed by atoms with van der Waals surface area (Å²) in [4.78, 5) is 13.3. The van der Waals surface area contributed by atoms with Gasteiger partial charge in [0.15, 0.2) is 22.8 Å². The third kappa shape index (κ3) is 2.51. The average molecular weight is 354 g/mol. The molecule has 5 nitrogen and oxygen atoms in total. The van der Waals surface area contributed by atoms with Gasteiger partial charge in [-0.3, -0.25) is 4.79 Å². The number of allylic oxidation sites excluding steroid dienone is 1. The van der Waals surface area contributed by atoms with Crippen LogP contribution in [0.3, 0.4) is 0 Å². The number of rotatable bonds is 5. The predicted octanol–water partition coefficient (Wildman–Crippen LogP) is 4.44. The first kappa shape index (κ1) is 17.9. The topological polar surface area (TPSA) is 57.9 Å². The molecule has 1 heterocycles. The van der Waals surface area contributed by atoms with E-state index >= 15 is 0 Å². The van der Waals surface area contributed by atoms with Gasteiger partial charge in [0.1, 0.15) is 11.0 Å². The summed E-state index contributed by atoms with van der Waals surface area (Å²) in [6.45, 7) is 7.90. The Kier molecular flexibility index (Phi) is 4.40. The first-order valence-electron chi connectivity index (χ1n) is 8.22. The van der Waals surface area contributed by atoms with Crippen LogP contribution in [0.5, 0.6) is 17.2 Å². The van der Waals surface area contributed by atoms with Crippen LogP contribution in [0.1, 0.15) is 19.4 Å². The fraction of sp³-hybridized carbons (Fsp3) is 0.286. The van der Waals surface area contributed by atoms with E-state index in [9.17, 15) is 4.79 Å². The lowest BCUT2D eigenvalue weighted by molar-refractivity contribution is 0.357. The summed E-state index contributed by atoms with van der Waals surface area (Å²) >= 11 is 0. The number of hydrogen-bond acceptors (Lipinski definition) is 5. The van der Waals surface area contributed by atoms with Crippen molar-refractivity contribution in [1.29, 1.82) is 0 Å². The summed E-state index contributed by atoms with van der Waals surface area (Å²) in [7, 11) is 4.59. The zero-order chi connectivity index (χ0) is 19.1. The Balaban J connectivity index is 2.65. The maximum Gasteiger partial charge on any atom is 0.204 e. The Morgan fingerprint density at radius 1 is 1.04 bits per heavy atom. The second-order valence-electron chi connectivity index (χ2n) is 6.56. The van der Waals surface area contributed by atoms with Crippen LogP contribution in [0.15, 0.2) is 46.1 Å². The van der Waals surface area contributed by atoms with Gasteiger partial charge in [-0.25, -0.2) is 0 Å². The number of methoxy groups -OCH3 is 3. The number of benzene rings is 2. The molecular formula is C21H22O5. The molecule has 0 radical (unpaired) electrons. The molecule has 136 valence electrons. The molecule has 2 aromatic carbocycles. The lowest BCUT2D eigenvalue weighted by atomic mass is 9.83. The van der Waals surface area contributed by atoms with Crippen LogP contribution in [-0.4, -0.2) is 21.3 Å². The van der Waals surface area contributed by atoms with E-state index in [2.05, 4.69) is 6.58 Å². The molecule has 0 spiro atoms. The van der Waals surface area contributed by atoms with Gasteiger partial charge < -0.3 is 18.6 Å². The second kappa shape index (κ2) is 6.41. The summed E-state index contributed by atoms with van der Waals surface area (Å²) in [5.74, 6) is 1.32. The van der Waals surface area contributed by atoms with Crippen molar-refractivity contribution in [3.63, 3.8) is 0 Å². The molecule has 0 saturated heterocycles. The first-order valence-corrected chi connectivity index (χ1v) is 8.22. The van der Waals surface area contributed by atoms with Crippen LogP contribution >= 0.6 is 0 Å². The molecule has 0 aliphatic heterocycles. The van der Waals surface area contributed by atoms with Crippen LogP contribution in [0.2, 0.25) is 0 Å². The molecular weight excluding hydrogens is 332 g/mol. The summed E-state index contributed by atoms with van der Waals surface area (Å²) in [5.41, 5.74) is 0.973. The minimum absolute atomic E-state index is 0.197. The Labute approximate surface area is 151 Å². The van der Waals surface area contributed by atoms with Gasteiger partial charge in [0.2, 0.25) is 5.43 Å². The number of para-hydroxylation sites is 1. The van der Waals surface area contributed by atoms with E-state index in [1.54, 1.807) is 38.5 Å². The minimum atomic E-state index is -0.455. The fourth-order valence-electron chi connectivity index (χ4n) is 3.08. The van der Waals surface area contributed by atoms with Gasteiger partial charge in [0.05, 0.1) is 26.7 Å². The van der Waals surface area contributed by atoms with E-state index in [-0.39, 0.29) is 5.43 Å². The van der Waals surface area contributed by atoms with Gasteiger partial charge in [-0.05, 0) is 18.2 Å². The van der Waals surface area contributed by atoms with E-state index in [1.807, 2.05) is 19.9 Å². The molecule has 0 amide bonds. The summed E-state index contributed by atoms with van der Waals surface area (Å²) in [6, 6.07) is 7.05. The SMILES string of the molecule is C=CC(C)(C)c1cc(OC)c(OC)c2c(=O)c3cccc(OC)c3oc12. The highest BCUT2D eigenvalue weighted by atomic mass is 16.5. The van der Waals surface area contributed by atoms with E-state index in [0.717, 1.165) is 5.56 Å². The molecule has 0 aliphatic rings. The van der Waals surface area contributed by atoms with E-state index < -0.39 is 5.41 Å². The zero-order valence-electron chi connectivity index (χ0n) is 15.6. The van der Waals surface area contributed by atoms with Crippen molar-refractivity contribution < 1.29 is 18.6 Å². The third-order valence-electron chi connectivity index (χ3n) is 4.70. The van der Waals surface area contributed by atoms with Crippen LogP contribution < -0.4 is 19.6 Å². The second-order valence-corrected chi connectivity index (χ2v) is 6.56. The van der Waals surface area contributed by atoms with Gasteiger partial charge in [-0.1, -0.05) is 26.0 Å². The molecule has 5 heteroatoms. The van der Waals surface area contributed by atoms with Crippen LogP contribution in [0.4, 0.5) is 0 Å². The van der Waals surface area contributed by atoms with Gasteiger partial charge in [-0.15, -0.1) is 6.58 Å². The molecule has 3 aromatic rings. The molecule has 0 saturated carbocycles. The Morgan fingerprint density at radius 3 is 2.31 bits per heavy atom. The highest BCUT2D eigenvalue weighted by Gasteiger charge is 2.28. The van der Waals surface area contributed by atoms with Crippen molar-refractivity contribution in [1.82, 2.24) is 0 Å². The molecule has 0 aliphatic carbocycles. The predicted molar refractivity (Wildman–Crippen MR) is 103 cm³/mol. The Hall–Kier alpha value is -2.95. The molecule has 0 unspecified atom stereocenters. The van der Waals surface area contributed by atoms with E-state index in [1.165, 1.54) is 7.11 Å². The Bertz CT molecular complexity index is 1060. The van der Waals surface area contributed by atoms with Crippen molar-refractivity contribution in [3.8, 4) is 17.2 Å². The van der Waals surface area contributed by atoms with Gasteiger partial charge in [0.25, 0.3) is 0 Å². The summed E-state index contributed by atoms with van der Waals surface area (Å²) < 4.78 is 22.5. The molecule has 0 fully saturated rings. The molecule has 1 aromatic heterocycles. The van der Waals surface area contributed by atoms with Crippen molar-refractivity contribution in [2.24, 2.45) is 0 Å². The normalized spacial score (nSPS) is 11.6. The number of ether oxygens (including phenoxy) is 3. The minimum Gasteiger partial charge on any atom is -0.493 e. The Morgan fingerprint density at radius 2 is 1.73 bits per heavy atom. The average Bonchev–Trinajstić information content (AvgIpc) is 2.66. The quantitative estimate of drug-likeness (QED) is 0.501. The van der Waals surface area contributed by atoms with Gasteiger partial charge >= 0.3 is 0 Å². The monoisotopic (exact) mass is 354 g/mol. The molecule has 3 rings (SSSR count). The molecule has 0 atom stereocenters.